The minimum atomic E-state index is -0.924. The number of hydroxylamine groups is 2. The number of thiazole rings is 1. The fourth-order valence-corrected chi connectivity index (χ4v) is 4.40. The van der Waals surface area contributed by atoms with Crippen LogP contribution in [0.1, 0.15) is 55.8 Å². The summed E-state index contributed by atoms with van der Waals surface area (Å²) in [6.07, 6.45) is 6.40. The number of benzene rings is 1. The highest BCUT2D eigenvalue weighted by atomic mass is 32.1. The normalized spacial score (nSPS) is 23.7. The lowest BCUT2D eigenvalue weighted by atomic mass is 9.83. The Kier molecular flexibility index (Phi) is 5.71. The zero-order valence-electron chi connectivity index (χ0n) is 15.1. The van der Waals surface area contributed by atoms with Gasteiger partial charge in [-0.15, -0.1) is 16.4 Å². The molecule has 2 heterocycles. The molecule has 1 N–H and O–H groups in total. The van der Waals surface area contributed by atoms with E-state index < -0.39 is 12.2 Å². The van der Waals surface area contributed by atoms with Gasteiger partial charge in [-0.2, -0.15) is 0 Å². The molecular weight excluding hydrogens is 364 g/mol. The molecule has 2 fully saturated rings. The van der Waals surface area contributed by atoms with Crippen molar-refractivity contribution in [2.45, 2.75) is 57.4 Å². The number of hydrogen-bond acceptors (Lipinski definition) is 6. The van der Waals surface area contributed by atoms with Gasteiger partial charge >= 0.3 is 5.97 Å². The fraction of sp³-hybridized carbons (Fsp3) is 0.500. The fourth-order valence-electron chi connectivity index (χ4n) is 3.86. The van der Waals surface area contributed by atoms with Gasteiger partial charge in [0.2, 0.25) is 0 Å². The summed E-state index contributed by atoms with van der Waals surface area (Å²) in [5, 5.41) is 12.8. The third-order valence-corrected chi connectivity index (χ3v) is 5.98. The maximum atomic E-state index is 11.3. The lowest BCUT2D eigenvalue weighted by Crippen LogP contribution is -2.21. The predicted octanol–water partition coefficient (Wildman–Crippen LogP) is 4.39. The summed E-state index contributed by atoms with van der Waals surface area (Å²) in [6, 6.07) is 7.89. The average molecular weight is 388 g/mol. The van der Waals surface area contributed by atoms with Crippen molar-refractivity contribution in [3.63, 3.8) is 0 Å². The van der Waals surface area contributed by atoms with Crippen LogP contribution in [-0.2, 0) is 16.2 Å². The Morgan fingerprint density at radius 3 is 2.70 bits per heavy atom. The Balaban J connectivity index is 1.43. The van der Waals surface area contributed by atoms with E-state index in [9.17, 15) is 9.90 Å². The number of rotatable bonds is 8. The molecule has 1 aromatic carbocycles. The first-order chi connectivity index (χ1) is 13.2. The first-order valence-corrected chi connectivity index (χ1v) is 10.4. The third-order valence-electron chi connectivity index (χ3n) is 5.34. The van der Waals surface area contributed by atoms with Gasteiger partial charge in [-0.25, -0.2) is 9.78 Å². The van der Waals surface area contributed by atoms with Gasteiger partial charge in [0.05, 0.1) is 17.2 Å². The molecule has 7 heteroatoms. The second kappa shape index (κ2) is 8.37. The van der Waals surface area contributed by atoms with Crippen molar-refractivity contribution >= 4 is 17.3 Å². The molecule has 0 bridgehead atoms. The number of ether oxygens (including phenoxy) is 1. The van der Waals surface area contributed by atoms with Gasteiger partial charge in [-0.1, -0.05) is 44.2 Å². The molecule has 144 valence electrons. The van der Waals surface area contributed by atoms with Crippen LogP contribution in [0.5, 0.6) is 5.75 Å². The molecule has 2 aliphatic rings. The zero-order valence-corrected chi connectivity index (χ0v) is 15.9. The SMILES string of the molecule is O=C(O)C1ON1C(CC1CCCCC1)c1ccc(OCc2cscn2)cc1. The van der Waals surface area contributed by atoms with Crippen molar-refractivity contribution in [1.82, 2.24) is 10.0 Å². The minimum absolute atomic E-state index is 0.0261. The number of aliphatic carboxylic acids is 1. The van der Waals surface area contributed by atoms with Crippen LogP contribution in [0.2, 0.25) is 0 Å². The highest BCUT2D eigenvalue weighted by Gasteiger charge is 2.49. The van der Waals surface area contributed by atoms with Gasteiger partial charge in [0.15, 0.2) is 0 Å². The maximum Gasteiger partial charge on any atom is 0.352 e. The van der Waals surface area contributed by atoms with Crippen molar-refractivity contribution in [3.8, 4) is 5.75 Å². The van der Waals surface area contributed by atoms with Crippen molar-refractivity contribution in [3.05, 3.63) is 46.4 Å². The number of nitrogens with zero attached hydrogens (tertiary/aromatic N) is 2. The molecular formula is C20H24N2O4S. The Morgan fingerprint density at radius 2 is 2.07 bits per heavy atom. The number of carboxylic acid groups (broad SMARTS) is 1. The first-order valence-electron chi connectivity index (χ1n) is 9.48. The topological polar surface area (TPSA) is 75.0 Å². The summed E-state index contributed by atoms with van der Waals surface area (Å²) in [7, 11) is 0. The summed E-state index contributed by atoms with van der Waals surface area (Å²) >= 11 is 1.55. The lowest BCUT2D eigenvalue weighted by Gasteiger charge is -2.26. The Bertz CT molecular complexity index is 744. The van der Waals surface area contributed by atoms with Crippen LogP contribution in [-0.4, -0.2) is 27.4 Å². The van der Waals surface area contributed by atoms with E-state index in [1.165, 1.54) is 32.1 Å². The second-order valence-electron chi connectivity index (χ2n) is 7.25. The number of aromatic nitrogens is 1. The first kappa shape index (κ1) is 18.4. The van der Waals surface area contributed by atoms with Crippen molar-refractivity contribution in [1.29, 1.82) is 0 Å². The van der Waals surface area contributed by atoms with Crippen LogP contribution in [0.3, 0.4) is 0 Å². The van der Waals surface area contributed by atoms with Crippen molar-refractivity contribution < 1.29 is 19.5 Å². The van der Waals surface area contributed by atoms with Gasteiger partial charge < -0.3 is 9.84 Å². The summed E-state index contributed by atoms with van der Waals surface area (Å²) in [5.74, 6) is 0.486. The molecule has 0 spiro atoms. The minimum Gasteiger partial charge on any atom is -0.487 e. The van der Waals surface area contributed by atoms with E-state index in [2.05, 4.69) is 4.98 Å². The van der Waals surface area contributed by atoms with Crippen LogP contribution in [0, 0.1) is 5.92 Å². The molecule has 1 aromatic heterocycles. The second-order valence-corrected chi connectivity index (χ2v) is 7.97. The molecule has 1 saturated carbocycles. The third kappa shape index (κ3) is 4.66. The molecule has 1 saturated heterocycles. The Labute approximate surface area is 162 Å². The van der Waals surface area contributed by atoms with E-state index in [0.29, 0.717) is 12.5 Å². The van der Waals surface area contributed by atoms with E-state index in [1.807, 2.05) is 29.6 Å². The summed E-state index contributed by atoms with van der Waals surface area (Å²) < 4.78 is 5.78. The van der Waals surface area contributed by atoms with E-state index in [4.69, 9.17) is 9.57 Å². The highest BCUT2D eigenvalue weighted by molar-refractivity contribution is 7.07. The van der Waals surface area contributed by atoms with Crippen LogP contribution in [0.15, 0.2) is 35.2 Å². The van der Waals surface area contributed by atoms with E-state index >= 15 is 0 Å². The average Bonchev–Trinajstić information content (AvgIpc) is 3.32. The van der Waals surface area contributed by atoms with Crippen LogP contribution < -0.4 is 4.74 Å². The van der Waals surface area contributed by atoms with Gasteiger partial charge in [0, 0.05) is 5.38 Å². The van der Waals surface area contributed by atoms with Crippen molar-refractivity contribution in [2.24, 2.45) is 5.92 Å². The molecule has 0 radical (unpaired) electrons. The molecule has 2 aromatic rings. The molecule has 4 rings (SSSR count). The van der Waals surface area contributed by atoms with Crippen molar-refractivity contribution in [2.75, 3.05) is 0 Å². The summed E-state index contributed by atoms with van der Waals surface area (Å²) in [4.78, 5) is 20.8. The van der Waals surface area contributed by atoms with E-state index in [0.717, 1.165) is 23.4 Å². The van der Waals surface area contributed by atoms with Gasteiger partial charge in [-0.3, -0.25) is 4.84 Å². The lowest BCUT2D eigenvalue weighted by molar-refractivity contribution is -0.138. The van der Waals surface area contributed by atoms with Gasteiger partial charge in [-0.05, 0) is 30.0 Å². The maximum absolute atomic E-state index is 11.3. The number of carboxylic acids is 1. The quantitative estimate of drug-likeness (QED) is 0.676. The number of hydrogen-bond donors (Lipinski definition) is 1. The van der Waals surface area contributed by atoms with Gasteiger partial charge in [0.1, 0.15) is 12.4 Å². The van der Waals surface area contributed by atoms with Crippen LogP contribution >= 0.6 is 11.3 Å². The monoisotopic (exact) mass is 388 g/mol. The summed E-state index contributed by atoms with van der Waals surface area (Å²) in [6.45, 7) is 0.449. The smallest absolute Gasteiger partial charge is 0.352 e. The summed E-state index contributed by atoms with van der Waals surface area (Å²) in [5.41, 5.74) is 3.78. The largest absolute Gasteiger partial charge is 0.487 e. The molecule has 1 aliphatic heterocycles. The van der Waals surface area contributed by atoms with Crippen LogP contribution in [0.25, 0.3) is 0 Å². The van der Waals surface area contributed by atoms with E-state index in [-0.39, 0.29) is 6.04 Å². The number of carbonyl (C=O) groups is 1. The standard InChI is InChI=1S/C20H24N2O4S/c23-20(24)19-22(26-19)18(10-14-4-2-1-3-5-14)15-6-8-17(9-7-15)25-11-16-12-27-13-21-16/h6-9,12-14,18-19H,1-5,10-11H2,(H,23,24). The zero-order chi connectivity index (χ0) is 18.6. The molecule has 6 nitrogen and oxygen atoms in total. The molecule has 1 aliphatic carbocycles. The predicted molar refractivity (Wildman–Crippen MR) is 101 cm³/mol. The molecule has 3 unspecified atom stereocenters. The Hall–Kier alpha value is -1.96. The van der Waals surface area contributed by atoms with Gasteiger partial charge in [0.25, 0.3) is 6.23 Å². The molecule has 3 atom stereocenters. The Morgan fingerprint density at radius 1 is 1.30 bits per heavy atom. The van der Waals surface area contributed by atoms with Crippen LogP contribution in [0.4, 0.5) is 0 Å². The highest BCUT2D eigenvalue weighted by Crippen LogP contribution is 2.41. The van der Waals surface area contributed by atoms with E-state index in [1.54, 1.807) is 21.9 Å². The molecule has 27 heavy (non-hydrogen) atoms. The molecule has 0 amide bonds.